The molecule has 1 saturated heterocycles. The Labute approximate surface area is 250 Å². The van der Waals surface area contributed by atoms with Gasteiger partial charge in [-0.2, -0.15) is 0 Å². The van der Waals surface area contributed by atoms with Gasteiger partial charge in [-0.25, -0.2) is 0 Å². The Morgan fingerprint density at radius 1 is 0.977 bits per heavy atom. The zero-order valence-corrected chi connectivity index (χ0v) is 24.5. The molecule has 1 heterocycles. The summed E-state index contributed by atoms with van der Waals surface area (Å²) in [5, 5.41) is 10.3. The number of nitrogens with zero attached hydrogens (tertiary/aromatic N) is 1. The Morgan fingerprint density at radius 3 is 2.28 bits per heavy atom. The zero-order valence-electron chi connectivity index (χ0n) is 24.5. The van der Waals surface area contributed by atoms with Crippen molar-refractivity contribution in [2.45, 2.75) is 33.1 Å². The van der Waals surface area contributed by atoms with Gasteiger partial charge in [0.1, 0.15) is 0 Å². The molecule has 43 heavy (non-hydrogen) atoms. The van der Waals surface area contributed by atoms with E-state index in [4.69, 9.17) is 9.47 Å². The molecule has 2 aromatic carbocycles. The summed E-state index contributed by atoms with van der Waals surface area (Å²) < 4.78 is 10.6. The van der Waals surface area contributed by atoms with E-state index in [1.807, 2.05) is 43.3 Å². The van der Waals surface area contributed by atoms with Crippen LogP contribution in [0, 0.1) is 23.7 Å². The van der Waals surface area contributed by atoms with E-state index in [0.29, 0.717) is 34.4 Å². The van der Waals surface area contributed by atoms with Crippen molar-refractivity contribution in [3.8, 4) is 17.2 Å². The summed E-state index contributed by atoms with van der Waals surface area (Å²) in [7, 11) is 2.88. The molecule has 220 valence electrons. The molecule has 4 aliphatic rings. The number of imide groups is 1. The van der Waals surface area contributed by atoms with Crippen LogP contribution in [0.5, 0.6) is 17.2 Å². The van der Waals surface area contributed by atoms with Gasteiger partial charge < -0.3 is 14.6 Å². The minimum Gasteiger partial charge on any atom is -0.502 e. The van der Waals surface area contributed by atoms with Crippen molar-refractivity contribution in [3.63, 3.8) is 0 Å². The molecule has 3 aliphatic carbocycles. The second kappa shape index (κ2) is 10.8. The number of ether oxygens (including phenoxy) is 2. The van der Waals surface area contributed by atoms with E-state index in [-0.39, 0.29) is 47.1 Å². The molecule has 0 spiro atoms. The monoisotopic (exact) mass is 579 g/mol. The largest absolute Gasteiger partial charge is 0.502 e. The first-order chi connectivity index (χ1) is 20.7. The van der Waals surface area contributed by atoms with Gasteiger partial charge in [-0.15, -0.1) is 0 Å². The van der Waals surface area contributed by atoms with Crippen LogP contribution < -0.4 is 14.4 Å². The molecule has 2 amide bonds. The number of rotatable bonds is 6. The molecule has 0 radical (unpaired) electrons. The molecule has 1 aliphatic heterocycles. The average molecular weight is 580 g/mol. The van der Waals surface area contributed by atoms with Gasteiger partial charge in [0, 0.05) is 22.6 Å². The van der Waals surface area contributed by atoms with Crippen molar-refractivity contribution in [2.75, 3.05) is 19.1 Å². The second-order valence-electron chi connectivity index (χ2n) is 11.4. The number of aromatic hydroxyl groups is 1. The Kier molecular flexibility index (Phi) is 7.16. The van der Waals surface area contributed by atoms with Crippen LogP contribution in [-0.2, 0) is 25.6 Å². The van der Waals surface area contributed by atoms with Crippen molar-refractivity contribution in [1.29, 1.82) is 0 Å². The smallest absolute Gasteiger partial charge is 0.238 e. The van der Waals surface area contributed by atoms with Gasteiger partial charge in [0.05, 0.1) is 31.7 Å². The number of benzene rings is 2. The van der Waals surface area contributed by atoms with Crippen LogP contribution in [0.2, 0.25) is 0 Å². The average Bonchev–Trinajstić information content (AvgIpc) is 3.27. The number of hydrogen-bond donors (Lipinski definition) is 1. The first-order valence-electron chi connectivity index (χ1n) is 14.5. The number of phenols is 1. The van der Waals surface area contributed by atoms with E-state index in [1.165, 1.54) is 25.2 Å². The van der Waals surface area contributed by atoms with E-state index in [9.17, 15) is 24.3 Å². The summed E-state index contributed by atoms with van der Waals surface area (Å²) in [6, 6.07) is 10.8. The number of aryl methyl sites for hydroxylation is 1. The number of methoxy groups -OCH3 is 2. The maximum atomic E-state index is 14.0. The molecular weight excluding hydrogens is 546 g/mol. The molecule has 0 bridgehead atoms. The predicted molar refractivity (Wildman–Crippen MR) is 161 cm³/mol. The summed E-state index contributed by atoms with van der Waals surface area (Å²) in [4.78, 5) is 55.8. The molecule has 0 saturated carbocycles. The number of Topliss-reactive ketones (excluding diaryl/α,β-unsaturated/α-hetero) is 1. The van der Waals surface area contributed by atoms with E-state index in [0.717, 1.165) is 17.6 Å². The summed E-state index contributed by atoms with van der Waals surface area (Å²) in [5.74, 6) is -2.74. The van der Waals surface area contributed by atoms with Gasteiger partial charge in [-0.05, 0) is 73.6 Å². The minimum atomic E-state index is -0.633. The first-order valence-corrected chi connectivity index (χ1v) is 14.5. The lowest BCUT2D eigenvalue weighted by atomic mass is 9.60. The number of carbonyl (C=O) groups is 4. The number of anilines is 1. The lowest BCUT2D eigenvalue weighted by Crippen LogP contribution is -2.40. The third-order valence-electron chi connectivity index (χ3n) is 9.20. The van der Waals surface area contributed by atoms with Crippen LogP contribution in [0.1, 0.15) is 37.8 Å². The van der Waals surface area contributed by atoms with E-state index < -0.39 is 23.7 Å². The Hall–Kier alpha value is -4.72. The topological polar surface area (TPSA) is 110 Å². The van der Waals surface area contributed by atoms with E-state index in [2.05, 4.69) is 0 Å². The van der Waals surface area contributed by atoms with Crippen molar-refractivity contribution in [3.05, 3.63) is 88.0 Å². The lowest BCUT2D eigenvalue weighted by Gasteiger charge is -2.41. The Bertz CT molecular complexity index is 1670. The Morgan fingerprint density at radius 2 is 1.65 bits per heavy atom. The van der Waals surface area contributed by atoms with Crippen LogP contribution in [0.25, 0.3) is 6.08 Å². The second-order valence-corrected chi connectivity index (χ2v) is 11.4. The van der Waals surface area contributed by atoms with Crippen LogP contribution in [0.15, 0.2) is 76.9 Å². The molecule has 1 N–H and O–H groups in total. The number of ketones is 2. The fraction of sp³-hybridized carbons (Fsp3) is 0.314. The molecule has 4 atom stereocenters. The van der Waals surface area contributed by atoms with Gasteiger partial charge in [0.15, 0.2) is 23.1 Å². The molecule has 1 fully saturated rings. The van der Waals surface area contributed by atoms with Crippen LogP contribution in [-0.4, -0.2) is 42.7 Å². The number of amides is 2. The summed E-state index contributed by atoms with van der Waals surface area (Å²) >= 11 is 0. The maximum absolute atomic E-state index is 14.0. The third kappa shape index (κ3) is 4.52. The molecule has 0 aromatic heterocycles. The van der Waals surface area contributed by atoms with Crippen LogP contribution in [0.3, 0.4) is 0 Å². The van der Waals surface area contributed by atoms with Crippen molar-refractivity contribution >= 4 is 35.1 Å². The number of phenolic OH excluding ortho intramolecular Hbond substituents is 1. The van der Waals surface area contributed by atoms with Gasteiger partial charge in [0.2, 0.25) is 17.6 Å². The maximum Gasteiger partial charge on any atom is 0.238 e. The molecule has 8 heteroatoms. The quantitative estimate of drug-likeness (QED) is 0.286. The molecule has 6 rings (SSSR count). The first kappa shape index (κ1) is 28.4. The van der Waals surface area contributed by atoms with Crippen LogP contribution in [0.4, 0.5) is 5.69 Å². The Balaban J connectivity index is 1.42. The fourth-order valence-electron chi connectivity index (χ4n) is 7.01. The normalized spacial score (nSPS) is 25.0. The van der Waals surface area contributed by atoms with Crippen molar-refractivity contribution in [1.82, 2.24) is 0 Å². The van der Waals surface area contributed by atoms with Crippen LogP contribution >= 0.6 is 0 Å². The number of hydrogen-bond acceptors (Lipinski definition) is 7. The minimum absolute atomic E-state index is 0.127. The highest BCUT2D eigenvalue weighted by atomic mass is 16.5. The number of carbonyl (C=O) groups excluding carboxylic acids is 4. The third-order valence-corrected chi connectivity index (χ3v) is 9.20. The standard InChI is InChI=1S/C35H33NO7/c1-5-19-6-9-21(10-7-19)36-34(40)24-13-12-22-23(11-8-20-15-28(42-3)33(39)29(16-20)43-4)30-26(17-25(22)31(24)35(36)41)32(38)18(2)14-27(30)37/h6-12,14-16,23-25,31,39H,5,13,17H2,1-4H3. The number of fused-ring (bicyclic) bond motifs is 3. The SMILES string of the molecule is CCc1ccc(N2C(=O)C3CC=C4C(C=Cc5cc(OC)c(O)c(OC)c5)C5=C(CC4C3C2=O)C(=O)C(C)=CC5=O)cc1. The van der Waals surface area contributed by atoms with Gasteiger partial charge in [-0.1, -0.05) is 42.9 Å². The summed E-state index contributed by atoms with van der Waals surface area (Å²) in [6.07, 6.45) is 8.45. The number of allylic oxidation sites excluding steroid dienone is 7. The van der Waals surface area contributed by atoms with Crippen molar-refractivity contribution < 1.29 is 33.8 Å². The van der Waals surface area contributed by atoms with Gasteiger partial charge >= 0.3 is 0 Å². The lowest BCUT2D eigenvalue weighted by molar-refractivity contribution is -0.123. The molecule has 8 nitrogen and oxygen atoms in total. The molecular formula is C35H33NO7. The highest BCUT2D eigenvalue weighted by Crippen LogP contribution is 2.53. The predicted octanol–water partition coefficient (Wildman–Crippen LogP) is 5.15. The molecule has 4 unspecified atom stereocenters. The highest BCUT2D eigenvalue weighted by molar-refractivity contribution is 6.24. The van der Waals surface area contributed by atoms with Crippen molar-refractivity contribution in [2.24, 2.45) is 23.7 Å². The molecule has 2 aromatic rings. The van der Waals surface area contributed by atoms with Gasteiger partial charge in [0.25, 0.3) is 0 Å². The van der Waals surface area contributed by atoms with E-state index >= 15 is 0 Å². The summed E-state index contributed by atoms with van der Waals surface area (Å²) in [5.41, 5.74) is 4.37. The van der Waals surface area contributed by atoms with E-state index in [1.54, 1.807) is 25.1 Å². The van der Waals surface area contributed by atoms with Gasteiger partial charge in [-0.3, -0.25) is 24.1 Å². The zero-order chi connectivity index (χ0) is 30.6. The fourth-order valence-corrected chi connectivity index (χ4v) is 7.01. The summed E-state index contributed by atoms with van der Waals surface area (Å²) in [6.45, 7) is 3.67. The highest BCUT2D eigenvalue weighted by Gasteiger charge is 2.56.